The van der Waals surface area contributed by atoms with Crippen molar-refractivity contribution in [3.63, 3.8) is 0 Å². The molecule has 3 heterocycles. The molecular formula is C34H46N6O9S. The van der Waals surface area contributed by atoms with Crippen LogP contribution < -0.4 is 21.3 Å². The van der Waals surface area contributed by atoms with E-state index in [1.165, 1.54) is 19.2 Å². The van der Waals surface area contributed by atoms with E-state index in [-0.39, 0.29) is 34.9 Å². The van der Waals surface area contributed by atoms with Crippen LogP contribution in [-0.2, 0) is 44.8 Å². The lowest BCUT2D eigenvalue weighted by molar-refractivity contribution is -0.179. The molecular weight excluding hydrogens is 668 g/mol. The number of carbonyl (C=O) groups excluding carboxylic acids is 5. The summed E-state index contributed by atoms with van der Waals surface area (Å²) in [5.41, 5.74) is -2.50. The lowest BCUT2D eigenvalue weighted by Crippen LogP contribution is -2.70. The Hall–Kier alpha value is -4.57. The molecule has 2 saturated heterocycles. The highest BCUT2D eigenvalue weighted by Crippen LogP contribution is 2.26. The average molecular weight is 715 g/mol. The zero-order chi connectivity index (χ0) is 36.9. The van der Waals surface area contributed by atoms with E-state index in [1.54, 1.807) is 41.5 Å². The summed E-state index contributed by atoms with van der Waals surface area (Å²) < 4.78 is 16.5. The van der Waals surface area contributed by atoms with Gasteiger partial charge in [-0.05, 0) is 73.8 Å². The van der Waals surface area contributed by atoms with E-state index in [0.29, 0.717) is 19.6 Å². The molecule has 4 rings (SSSR count). The Kier molecular flexibility index (Phi) is 11.9. The summed E-state index contributed by atoms with van der Waals surface area (Å²) >= 11 is 0.998. The molecule has 2 aromatic rings. The number of oxime groups is 1. The fourth-order valence-corrected chi connectivity index (χ4v) is 5.67. The van der Waals surface area contributed by atoms with Crippen molar-refractivity contribution in [2.45, 2.75) is 110 Å². The van der Waals surface area contributed by atoms with Crippen LogP contribution in [0.4, 0.5) is 9.93 Å². The molecule has 272 valence electrons. The van der Waals surface area contributed by atoms with Crippen LogP contribution in [0.15, 0.2) is 40.9 Å². The molecule has 1 unspecified atom stereocenters. The van der Waals surface area contributed by atoms with Crippen molar-refractivity contribution < 1.29 is 43.0 Å². The Morgan fingerprint density at radius 3 is 2.28 bits per heavy atom. The molecule has 0 aliphatic carbocycles. The lowest BCUT2D eigenvalue weighted by atomic mass is 9.87. The van der Waals surface area contributed by atoms with Gasteiger partial charge in [0.15, 0.2) is 10.8 Å². The number of rotatable bonds is 13. The van der Waals surface area contributed by atoms with Crippen molar-refractivity contribution >= 4 is 52.0 Å². The van der Waals surface area contributed by atoms with Gasteiger partial charge in [-0.2, -0.15) is 0 Å². The van der Waals surface area contributed by atoms with Gasteiger partial charge in [-0.3, -0.25) is 19.7 Å². The maximum atomic E-state index is 13.7. The molecule has 0 bridgehead atoms. The fraction of sp³-hybridized carbons (Fsp3) is 0.559. The summed E-state index contributed by atoms with van der Waals surface area (Å²) in [4.78, 5) is 74.1. The van der Waals surface area contributed by atoms with Crippen molar-refractivity contribution in [1.82, 2.24) is 20.9 Å². The third-order valence-electron chi connectivity index (χ3n) is 7.38. The predicted octanol–water partition coefficient (Wildman–Crippen LogP) is 3.43. The largest absolute Gasteiger partial charge is 0.457 e. The maximum absolute atomic E-state index is 13.7. The molecule has 16 heteroatoms. The minimum atomic E-state index is -1.61. The maximum Gasteiger partial charge on any atom is 0.413 e. The smallest absolute Gasteiger partial charge is 0.413 e. The van der Waals surface area contributed by atoms with E-state index in [1.807, 2.05) is 30.3 Å². The van der Waals surface area contributed by atoms with Gasteiger partial charge in [-0.25, -0.2) is 14.6 Å². The van der Waals surface area contributed by atoms with Crippen molar-refractivity contribution in [2.24, 2.45) is 11.1 Å². The van der Waals surface area contributed by atoms with Crippen LogP contribution in [0.3, 0.4) is 0 Å². The van der Waals surface area contributed by atoms with Crippen LogP contribution in [0.25, 0.3) is 0 Å². The van der Waals surface area contributed by atoms with E-state index in [9.17, 15) is 24.0 Å². The number of carbonyl (C=O) groups is 5. The molecule has 0 spiro atoms. The molecule has 4 amide bonds. The Bertz CT molecular complexity index is 1600. The second kappa shape index (κ2) is 15.5. The Balaban J connectivity index is 1.44. The highest BCUT2D eigenvalue weighted by molar-refractivity contribution is 7.14. The summed E-state index contributed by atoms with van der Waals surface area (Å²) in [6.45, 7) is 13.9. The standard InChI is InChI=1S/C34H46N6O9S/c1-32(2,3)47-29(44)34(7,8)49-40-25(23-18-50-30(37-23)39-31(45)48-33(4,5)6)28(43)38-24-22(36-27(24)42)15-20-14-21(35-26(20)41)17-46-16-19-12-10-9-11-13-19/h9-13,18,20-22,24H,14-17H2,1-8H3,(H,35,41)(H,36,42)(H,38,43)(H,37,39,45)/b40-25-/t20-,21?,22+,24-/m0/s1. The molecule has 4 atom stereocenters. The van der Waals surface area contributed by atoms with Gasteiger partial charge in [0.05, 0.1) is 25.3 Å². The molecule has 50 heavy (non-hydrogen) atoms. The quantitative estimate of drug-likeness (QED) is 0.103. The highest BCUT2D eigenvalue weighted by atomic mass is 32.1. The summed E-state index contributed by atoms with van der Waals surface area (Å²) in [7, 11) is 0. The summed E-state index contributed by atoms with van der Waals surface area (Å²) in [6.07, 6.45) is 0.0406. The van der Waals surface area contributed by atoms with E-state index < -0.39 is 58.7 Å². The molecule has 2 fully saturated rings. The fourth-order valence-electron chi connectivity index (χ4n) is 4.99. The number of nitrogens with one attached hydrogen (secondary N) is 4. The zero-order valence-corrected chi connectivity index (χ0v) is 30.4. The number of aromatic nitrogens is 1. The molecule has 1 aromatic heterocycles. The minimum absolute atomic E-state index is 0.00310. The van der Waals surface area contributed by atoms with Gasteiger partial charge in [0, 0.05) is 11.3 Å². The van der Waals surface area contributed by atoms with Gasteiger partial charge in [-0.1, -0.05) is 35.5 Å². The first-order valence-electron chi connectivity index (χ1n) is 16.3. The second-order valence-electron chi connectivity index (χ2n) is 14.6. The molecule has 2 aliphatic rings. The van der Waals surface area contributed by atoms with Gasteiger partial charge >= 0.3 is 12.1 Å². The topological polar surface area (TPSA) is 196 Å². The van der Waals surface area contributed by atoms with E-state index in [2.05, 4.69) is 31.4 Å². The van der Waals surface area contributed by atoms with Crippen molar-refractivity contribution in [3.05, 3.63) is 47.0 Å². The Morgan fingerprint density at radius 1 is 0.960 bits per heavy atom. The normalized spacial score (nSPS) is 21.0. The number of anilines is 1. The minimum Gasteiger partial charge on any atom is -0.457 e. The monoisotopic (exact) mass is 714 g/mol. The highest BCUT2D eigenvalue weighted by Gasteiger charge is 2.45. The predicted molar refractivity (Wildman–Crippen MR) is 184 cm³/mol. The third kappa shape index (κ3) is 11.0. The average Bonchev–Trinajstić information content (AvgIpc) is 3.60. The Labute approximate surface area is 295 Å². The van der Waals surface area contributed by atoms with Gasteiger partial charge in [0.2, 0.25) is 17.4 Å². The van der Waals surface area contributed by atoms with Crippen LogP contribution >= 0.6 is 11.3 Å². The summed E-state index contributed by atoms with van der Waals surface area (Å²) in [5, 5.41) is 16.5. The number of amides is 4. The number of nitrogens with zero attached hydrogens (tertiary/aromatic N) is 2. The van der Waals surface area contributed by atoms with E-state index >= 15 is 0 Å². The first-order valence-corrected chi connectivity index (χ1v) is 17.2. The number of β-lactam (4-membered cyclic amide) rings is 1. The zero-order valence-electron chi connectivity index (χ0n) is 29.6. The number of hydrogen-bond acceptors (Lipinski definition) is 12. The van der Waals surface area contributed by atoms with Crippen molar-refractivity contribution in [3.8, 4) is 0 Å². The molecule has 15 nitrogen and oxygen atoms in total. The van der Waals surface area contributed by atoms with Crippen LogP contribution in [0.2, 0.25) is 0 Å². The van der Waals surface area contributed by atoms with Gasteiger partial charge in [0.1, 0.15) is 22.9 Å². The Morgan fingerprint density at radius 2 is 1.64 bits per heavy atom. The molecule has 1 aromatic carbocycles. The van der Waals surface area contributed by atoms with E-state index in [0.717, 1.165) is 16.9 Å². The van der Waals surface area contributed by atoms with Crippen LogP contribution in [-0.4, -0.2) is 82.0 Å². The SMILES string of the molecule is CC(C)(C)OC(=O)Nc1nc(/C(=N/OC(C)(C)C(=O)OC(C)(C)C)C(=O)N[C@@H]2C(=O)N[C@@H]2C[C@@H]2CC(COCc3ccccc3)NC2=O)cs1. The van der Waals surface area contributed by atoms with Crippen LogP contribution in [0, 0.1) is 5.92 Å². The number of benzene rings is 1. The first-order chi connectivity index (χ1) is 23.3. The third-order valence-corrected chi connectivity index (χ3v) is 8.14. The number of esters is 1. The number of hydrogen-bond donors (Lipinski definition) is 4. The van der Waals surface area contributed by atoms with Gasteiger partial charge in [0.25, 0.3) is 5.91 Å². The van der Waals surface area contributed by atoms with E-state index in [4.69, 9.17) is 19.0 Å². The number of ether oxygens (including phenoxy) is 3. The van der Waals surface area contributed by atoms with Crippen LogP contribution in [0.1, 0.15) is 79.5 Å². The van der Waals surface area contributed by atoms with Crippen molar-refractivity contribution in [2.75, 3.05) is 11.9 Å². The first kappa shape index (κ1) is 38.2. The van der Waals surface area contributed by atoms with Gasteiger partial charge < -0.3 is 35.0 Å². The molecule has 2 aliphatic heterocycles. The number of thiazole rings is 1. The van der Waals surface area contributed by atoms with Gasteiger partial charge in [-0.15, -0.1) is 11.3 Å². The van der Waals surface area contributed by atoms with Crippen molar-refractivity contribution in [1.29, 1.82) is 0 Å². The lowest BCUT2D eigenvalue weighted by Gasteiger charge is -2.38. The summed E-state index contributed by atoms with van der Waals surface area (Å²) in [5.74, 6) is -2.55. The second-order valence-corrected chi connectivity index (χ2v) is 15.5. The molecule has 4 N–H and O–H groups in total. The van der Waals surface area contributed by atoms with Crippen LogP contribution in [0.5, 0.6) is 0 Å². The summed E-state index contributed by atoms with van der Waals surface area (Å²) in [6, 6.07) is 8.01. The molecule has 0 saturated carbocycles. The molecule has 0 radical (unpaired) electrons.